The summed E-state index contributed by atoms with van der Waals surface area (Å²) in [7, 11) is 2.85. The lowest BCUT2D eigenvalue weighted by Gasteiger charge is -2.15. The van der Waals surface area contributed by atoms with E-state index in [1.807, 2.05) is 0 Å². The van der Waals surface area contributed by atoms with Crippen molar-refractivity contribution in [3.63, 3.8) is 0 Å². The second-order valence-corrected chi connectivity index (χ2v) is 5.63. The zero-order chi connectivity index (χ0) is 19.9. The summed E-state index contributed by atoms with van der Waals surface area (Å²) < 4.78 is 10.7. The molecule has 0 spiro atoms. The van der Waals surface area contributed by atoms with Gasteiger partial charge < -0.3 is 20.1 Å². The van der Waals surface area contributed by atoms with Gasteiger partial charge in [0.05, 0.1) is 25.3 Å². The van der Waals surface area contributed by atoms with Gasteiger partial charge in [-0.2, -0.15) is 0 Å². The molecule has 2 heterocycles. The number of hydrogen-bond acceptors (Lipinski definition) is 6. The molecule has 2 amide bonds. The van der Waals surface area contributed by atoms with E-state index in [9.17, 15) is 9.59 Å². The van der Waals surface area contributed by atoms with Crippen LogP contribution in [0.25, 0.3) is 0 Å². The SMILES string of the molecule is COc1cc(C(=O)Nc2ccncc2)c(OC)cc1C(=O)Nc1ccncc1. The quantitative estimate of drug-likeness (QED) is 0.684. The van der Waals surface area contributed by atoms with Gasteiger partial charge in [0.2, 0.25) is 0 Å². The maximum Gasteiger partial charge on any atom is 0.259 e. The molecular formula is C20H18N4O4. The Bertz CT molecular complexity index is 897. The number of carbonyl (C=O) groups is 2. The number of methoxy groups -OCH3 is 2. The molecule has 0 aliphatic heterocycles. The number of nitrogens with one attached hydrogen (secondary N) is 2. The number of carbonyl (C=O) groups excluding carboxylic acids is 2. The largest absolute Gasteiger partial charge is 0.496 e. The maximum absolute atomic E-state index is 12.7. The molecule has 3 aromatic rings. The molecule has 0 saturated carbocycles. The Morgan fingerprint density at radius 2 is 1.07 bits per heavy atom. The summed E-state index contributed by atoms with van der Waals surface area (Å²) in [5, 5.41) is 5.50. The standard InChI is InChI=1S/C20H18N4O4/c1-27-17-11-16(20(26)24-14-5-9-22-10-6-14)18(28-2)12-15(17)19(25)23-13-3-7-21-8-4-13/h3-12H,1-2H3,(H,21,23,25)(H,22,24,26). The van der Waals surface area contributed by atoms with Crippen LogP contribution in [-0.2, 0) is 0 Å². The normalized spacial score (nSPS) is 10.1. The Hall–Kier alpha value is -3.94. The Kier molecular flexibility index (Phi) is 5.81. The third kappa shape index (κ3) is 4.24. The number of anilines is 2. The van der Waals surface area contributed by atoms with E-state index in [2.05, 4.69) is 20.6 Å². The average Bonchev–Trinajstić information content (AvgIpc) is 2.74. The highest BCUT2D eigenvalue weighted by Gasteiger charge is 2.21. The summed E-state index contributed by atoms with van der Waals surface area (Å²) in [6, 6.07) is 9.60. The van der Waals surface area contributed by atoms with Crippen molar-refractivity contribution >= 4 is 23.2 Å². The van der Waals surface area contributed by atoms with Crippen molar-refractivity contribution in [1.29, 1.82) is 0 Å². The van der Waals surface area contributed by atoms with E-state index >= 15 is 0 Å². The number of rotatable bonds is 6. The lowest BCUT2D eigenvalue weighted by molar-refractivity contribution is 0.101. The van der Waals surface area contributed by atoms with Crippen molar-refractivity contribution in [3.8, 4) is 11.5 Å². The lowest BCUT2D eigenvalue weighted by atomic mass is 10.1. The van der Waals surface area contributed by atoms with Crippen molar-refractivity contribution < 1.29 is 19.1 Å². The van der Waals surface area contributed by atoms with E-state index in [1.54, 1.807) is 49.1 Å². The molecule has 8 nitrogen and oxygen atoms in total. The number of pyridine rings is 2. The van der Waals surface area contributed by atoms with Crippen LogP contribution < -0.4 is 20.1 Å². The van der Waals surface area contributed by atoms with E-state index < -0.39 is 11.8 Å². The van der Waals surface area contributed by atoms with Crippen molar-refractivity contribution in [2.24, 2.45) is 0 Å². The molecule has 0 bridgehead atoms. The molecular weight excluding hydrogens is 360 g/mol. The third-order valence-corrected chi connectivity index (χ3v) is 3.89. The topological polar surface area (TPSA) is 102 Å². The fourth-order valence-corrected chi connectivity index (χ4v) is 2.52. The Balaban J connectivity index is 1.91. The fraction of sp³-hybridized carbons (Fsp3) is 0.100. The highest BCUT2D eigenvalue weighted by atomic mass is 16.5. The summed E-state index contributed by atoms with van der Waals surface area (Å²) in [6.07, 6.45) is 6.28. The van der Waals surface area contributed by atoms with Gasteiger partial charge in [-0.05, 0) is 36.4 Å². The summed E-state index contributed by atoms with van der Waals surface area (Å²) in [4.78, 5) is 33.1. The molecule has 1 aromatic carbocycles. The van der Waals surface area contributed by atoms with Gasteiger partial charge in [-0.3, -0.25) is 19.6 Å². The minimum atomic E-state index is -0.401. The molecule has 0 aliphatic carbocycles. The van der Waals surface area contributed by atoms with Crippen LogP contribution in [0.15, 0.2) is 61.2 Å². The van der Waals surface area contributed by atoms with Gasteiger partial charge >= 0.3 is 0 Å². The minimum absolute atomic E-state index is 0.233. The summed E-state index contributed by atoms with van der Waals surface area (Å²) in [5.41, 5.74) is 1.63. The van der Waals surface area contributed by atoms with Crippen molar-refractivity contribution in [3.05, 3.63) is 72.3 Å². The average molecular weight is 378 g/mol. The molecule has 0 atom stereocenters. The first-order valence-corrected chi connectivity index (χ1v) is 8.31. The van der Waals surface area contributed by atoms with Gasteiger partial charge in [0, 0.05) is 36.2 Å². The Morgan fingerprint density at radius 1 is 0.714 bits per heavy atom. The highest BCUT2D eigenvalue weighted by molar-refractivity contribution is 6.10. The smallest absolute Gasteiger partial charge is 0.259 e. The van der Waals surface area contributed by atoms with Gasteiger partial charge in [-0.1, -0.05) is 0 Å². The molecule has 0 fully saturated rings. The summed E-state index contributed by atoms with van der Waals surface area (Å²) in [5.74, 6) is -0.315. The number of amides is 2. The zero-order valence-electron chi connectivity index (χ0n) is 15.3. The highest BCUT2D eigenvalue weighted by Crippen LogP contribution is 2.30. The predicted molar refractivity (Wildman–Crippen MR) is 104 cm³/mol. The second kappa shape index (κ2) is 8.63. The van der Waals surface area contributed by atoms with E-state index in [4.69, 9.17) is 9.47 Å². The van der Waals surface area contributed by atoms with Gasteiger partial charge in [0.1, 0.15) is 11.5 Å². The van der Waals surface area contributed by atoms with Crippen LogP contribution in [0.2, 0.25) is 0 Å². The van der Waals surface area contributed by atoms with E-state index in [0.29, 0.717) is 11.4 Å². The first-order chi connectivity index (χ1) is 13.6. The van der Waals surface area contributed by atoms with Gasteiger partial charge in [-0.15, -0.1) is 0 Å². The van der Waals surface area contributed by atoms with Crippen LogP contribution in [-0.4, -0.2) is 36.0 Å². The van der Waals surface area contributed by atoms with E-state index in [1.165, 1.54) is 26.4 Å². The monoisotopic (exact) mass is 378 g/mol. The maximum atomic E-state index is 12.7. The molecule has 2 N–H and O–H groups in total. The van der Waals surface area contributed by atoms with Crippen LogP contribution in [0, 0.1) is 0 Å². The number of benzene rings is 1. The van der Waals surface area contributed by atoms with Crippen LogP contribution in [0.4, 0.5) is 11.4 Å². The Morgan fingerprint density at radius 3 is 1.39 bits per heavy atom. The molecule has 0 unspecified atom stereocenters. The van der Waals surface area contributed by atoms with Gasteiger partial charge in [0.25, 0.3) is 11.8 Å². The van der Waals surface area contributed by atoms with Crippen LogP contribution in [0.1, 0.15) is 20.7 Å². The van der Waals surface area contributed by atoms with Crippen molar-refractivity contribution in [2.45, 2.75) is 0 Å². The molecule has 0 radical (unpaired) electrons. The van der Waals surface area contributed by atoms with E-state index in [0.717, 1.165) is 0 Å². The molecule has 0 aliphatic rings. The third-order valence-electron chi connectivity index (χ3n) is 3.89. The lowest BCUT2D eigenvalue weighted by Crippen LogP contribution is -2.17. The van der Waals surface area contributed by atoms with Crippen LogP contribution in [0.5, 0.6) is 11.5 Å². The molecule has 3 rings (SSSR count). The number of hydrogen-bond donors (Lipinski definition) is 2. The molecule has 2 aromatic heterocycles. The number of aromatic nitrogens is 2. The van der Waals surface area contributed by atoms with Crippen molar-refractivity contribution in [1.82, 2.24) is 9.97 Å². The molecule has 142 valence electrons. The second-order valence-electron chi connectivity index (χ2n) is 5.63. The fourth-order valence-electron chi connectivity index (χ4n) is 2.52. The van der Waals surface area contributed by atoms with Gasteiger partial charge in [-0.25, -0.2) is 0 Å². The number of ether oxygens (including phenoxy) is 2. The molecule has 28 heavy (non-hydrogen) atoms. The zero-order valence-corrected chi connectivity index (χ0v) is 15.3. The van der Waals surface area contributed by atoms with Crippen LogP contribution in [0.3, 0.4) is 0 Å². The first-order valence-electron chi connectivity index (χ1n) is 8.31. The van der Waals surface area contributed by atoms with Gasteiger partial charge in [0.15, 0.2) is 0 Å². The minimum Gasteiger partial charge on any atom is -0.496 e. The van der Waals surface area contributed by atoms with Crippen molar-refractivity contribution in [2.75, 3.05) is 24.9 Å². The Labute approximate surface area is 161 Å². The van der Waals surface area contributed by atoms with Crippen LogP contribution >= 0.6 is 0 Å². The first kappa shape index (κ1) is 18.8. The predicted octanol–water partition coefficient (Wildman–Crippen LogP) is 3.00. The summed E-state index contributed by atoms with van der Waals surface area (Å²) >= 11 is 0. The number of nitrogens with zero attached hydrogens (tertiary/aromatic N) is 2. The molecule has 8 heteroatoms. The molecule has 0 saturated heterocycles. The van der Waals surface area contributed by atoms with E-state index in [-0.39, 0.29) is 22.6 Å². The summed E-state index contributed by atoms with van der Waals surface area (Å²) in [6.45, 7) is 0.